The highest BCUT2D eigenvalue weighted by Crippen LogP contribution is 2.31. The molecule has 0 aliphatic rings. The first-order chi connectivity index (χ1) is 9.25. The number of hydrogen-bond donors (Lipinski definition) is 0. The molecule has 0 bridgehead atoms. The Balaban J connectivity index is 3.02. The number of ketones is 1. The van der Waals surface area contributed by atoms with E-state index in [1.807, 2.05) is 0 Å². The van der Waals surface area contributed by atoms with Crippen molar-refractivity contribution in [3.63, 3.8) is 0 Å². The normalized spacial score (nSPS) is 12.8. The van der Waals surface area contributed by atoms with E-state index in [0.717, 1.165) is 12.1 Å². The van der Waals surface area contributed by atoms with Gasteiger partial charge >= 0.3 is 12.1 Å². The minimum absolute atomic E-state index is 0.0931. The van der Waals surface area contributed by atoms with E-state index < -0.39 is 23.6 Å². The van der Waals surface area contributed by atoms with Gasteiger partial charge in [0.05, 0.1) is 18.1 Å². The van der Waals surface area contributed by atoms with Gasteiger partial charge in [-0.2, -0.15) is 13.2 Å². The third kappa shape index (κ3) is 4.36. The van der Waals surface area contributed by atoms with Gasteiger partial charge in [-0.05, 0) is 31.5 Å². The molecule has 1 unspecified atom stereocenters. The molecule has 1 aromatic carbocycles. The number of carbonyl (C=O) groups is 2. The molecule has 20 heavy (non-hydrogen) atoms. The number of Topliss-reactive ketones (excluding diaryl/α,β-unsaturated/α-hetero) is 1. The fourth-order valence-corrected chi connectivity index (χ4v) is 1.77. The summed E-state index contributed by atoms with van der Waals surface area (Å²) in [7, 11) is 0. The number of hydrogen-bond acceptors (Lipinski definition) is 3. The maximum Gasteiger partial charge on any atom is 0.416 e. The van der Waals surface area contributed by atoms with Crippen molar-refractivity contribution < 1.29 is 27.5 Å². The van der Waals surface area contributed by atoms with Gasteiger partial charge in [0, 0.05) is 6.42 Å². The highest BCUT2D eigenvalue weighted by Gasteiger charge is 2.31. The molecule has 0 heterocycles. The van der Waals surface area contributed by atoms with Crippen molar-refractivity contribution in [2.75, 3.05) is 6.61 Å². The highest BCUT2D eigenvalue weighted by molar-refractivity contribution is 5.86. The molecule has 0 fully saturated rings. The number of rotatable bonds is 5. The van der Waals surface area contributed by atoms with Crippen LogP contribution in [0, 0.1) is 0 Å². The van der Waals surface area contributed by atoms with Crippen molar-refractivity contribution in [2.45, 2.75) is 32.4 Å². The van der Waals surface area contributed by atoms with Gasteiger partial charge in [0.2, 0.25) is 0 Å². The second-order valence-electron chi connectivity index (χ2n) is 4.33. The van der Waals surface area contributed by atoms with Crippen LogP contribution in [-0.2, 0) is 20.5 Å². The SMILES string of the molecule is CCOC(=O)C(CC(C)=O)c1ccc(C(F)(F)F)cc1. The topological polar surface area (TPSA) is 43.4 Å². The van der Waals surface area contributed by atoms with Crippen LogP contribution in [0.2, 0.25) is 0 Å². The third-order valence-electron chi connectivity index (χ3n) is 2.70. The van der Waals surface area contributed by atoms with Gasteiger partial charge < -0.3 is 4.74 Å². The molecule has 3 nitrogen and oxygen atoms in total. The summed E-state index contributed by atoms with van der Waals surface area (Å²) in [5, 5.41) is 0. The predicted molar refractivity (Wildman–Crippen MR) is 66.1 cm³/mol. The van der Waals surface area contributed by atoms with Gasteiger partial charge in [-0.3, -0.25) is 9.59 Å². The first kappa shape index (κ1) is 16.2. The summed E-state index contributed by atoms with van der Waals surface area (Å²) in [4.78, 5) is 22.9. The van der Waals surface area contributed by atoms with Crippen LogP contribution in [0.15, 0.2) is 24.3 Å². The molecule has 0 spiro atoms. The zero-order valence-corrected chi connectivity index (χ0v) is 11.2. The lowest BCUT2D eigenvalue weighted by Crippen LogP contribution is -2.18. The molecule has 0 saturated carbocycles. The first-order valence-electron chi connectivity index (χ1n) is 6.09. The minimum atomic E-state index is -4.43. The molecule has 1 atom stereocenters. The summed E-state index contributed by atoms with van der Waals surface area (Å²) < 4.78 is 42.2. The molecular weight excluding hydrogens is 273 g/mol. The molecule has 0 radical (unpaired) electrons. The largest absolute Gasteiger partial charge is 0.466 e. The molecule has 0 aromatic heterocycles. The molecule has 110 valence electrons. The molecule has 0 saturated heterocycles. The number of carbonyl (C=O) groups excluding carboxylic acids is 2. The number of benzene rings is 1. The zero-order valence-electron chi connectivity index (χ0n) is 11.2. The second-order valence-corrected chi connectivity index (χ2v) is 4.33. The minimum Gasteiger partial charge on any atom is -0.466 e. The predicted octanol–water partition coefficient (Wildman–Crippen LogP) is 3.33. The molecule has 1 rings (SSSR count). The van der Waals surface area contributed by atoms with E-state index in [2.05, 4.69) is 0 Å². The van der Waals surface area contributed by atoms with Gasteiger partial charge in [0.25, 0.3) is 0 Å². The first-order valence-corrected chi connectivity index (χ1v) is 6.09. The van der Waals surface area contributed by atoms with Gasteiger partial charge in [-0.1, -0.05) is 12.1 Å². The lowest BCUT2D eigenvalue weighted by atomic mass is 9.93. The Bertz CT molecular complexity index is 477. The summed E-state index contributed by atoms with van der Waals surface area (Å²) in [6.45, 7) is 3.08. The third-order valence-corrected chi connectivity index (χ3v) is 2.70. The van der Waals surface area contributed by atoms with Gasteiger partial charge in [0.15, 0.2) is 0 Å². The number of alkyl halides is 3. The lowest BCUT2D eigenvalue weighted by Gasteiger charge is -2.15. The maximum atomic E-state index is 12.5. The van der Waals surface area contributed by atoms with E-state index in [1.165, 1.54) is 19.1 Å². The summed E-state index contributed by atoms with van der Waals surface area (Å²) in [5.41, 5.74) is -0.460. The van der Waals surface area contributed by atoms with Crippen LogP contribution < -0.4 is 0 Å². The molecule has 1 aromatic rings. The van der Waals surface area contributed by atoms with E-state index in [-0.39, 0.29) is 18.8 Å². The fourth-order valence-electron chi connectivity index (χ4n) is 1.77. The average molecular weight is 288 g/mol. The standard InChI is InChI=1S/C14H15F3O3/c1-3-20-13(19)12(8-9(2)18)10-4-6-11(7-5-10)14(15,16)17/h4-7,12H,3,8H2,1-2H3. The summed E-state index contributed by atoms with van der Waals surface area (Å²) in [5.74, 6) is -1.71. The van der Waals surface area contributed by atoms with Crippen LogP contribution >= 0.6 is 0 Å². The Kier molecular flexibility index (Phi) is 5.30. The van der Waals surface area contributed by atoms with Crippen molar-refractivity contribution in [1.82, 2.24) is 0 Å². The highest BCUT2D eigenvalue weighted by atomic mass is 19.4. The van der Waals surface area contributed by atoms with E-state index in [0.29, 0.717) is 5.56 Å². The van der Waals surface area contributed by atoms with Crippen molar-refractivity contribution in [1.29, 1.82) is 0 Å². The van der Waals surface area contributed by atoms with E-state index >= 15 is 0 Å². The zero-order chi connectivity index (χ0) is 15.3. The molecule has 0 aliphatic heterocycles. The lowest BCUT2D eigenvalue weighted by molar-refractivity contribution is -0.146. The van der Waals surface area contributed by atoms with Crippen molar-refractivity contribution >= 4 is 11.8 Å². The Labute approximate surface area is 114 Å². The smallest absolute Gasteiger partial charge is 0.416 e. The summed E-state index contributed by atoms with van der Waals surface area (Å²) >= 11 is 0. The fraction of sp³-hybridized carbons (Fsp3) is 0.429. The van der Waals surface area contributed by atoms with Gasteiger partial charge in [0.1, 0.15) is 5.78 Å². The quantitative estimate of drug-likeness (QED) is 0.780. The van der Waals surface area contributed by atoms with Gasteiger partial charge in [-0.15, -0.1) is 0 Å². The van der Waals surface area contributed by atoms with Crippen LogP contribution in [0.4, 0.5) is 13.2 Å². The van der Waals surface area contributed by atoms with Crippen LogP contribution in [0.1, 0.15) is 37.3 Å². The number of esters is 1. The molecule has 0 amide bonds. The van der Waals surface area contributed by atoms with Crippen LogP contribution in [0.5, 0.6) is 0 Å². The van der Waals surface area contributed by atoms with E-state index in [1.54, 1.807) is 6.92 Å². The second kappa shape index (κ2) is 6.54. The Morgan fingerprint density at radius 1 is 1.20 bits per heavy atom. The Hall–Kier alpha value is -1.85. The average Bonchev–Trinajstić information content (AvgIpc) is 2.35. The van der Waals surface area contributed by atoms with E-state index in [4.69, 9.17) is 4.74 Å². The van der Waals surface area contributed by atoms with Crippen LogP contribution in [0.3, 0.4) is 0 Å². The van der Waals surface area contributed by atoms with Crippen LogP contribution in [0.25, 0.3) is 0 Å². The molecular formula is C14H15F3O3. The number of halogens is 3. The number of ether oxygens (including phenoxy) is 1. The molecule has 0 N–H and O–H groups in total. The Morgan fingerprint density at radius 2 is 1.75 bits per heavy atom. The molecule has 0 aliphatic carbocycles. The van der Waals surface area contributed by atoms with Crippen molar-refractivity contribution in [3.05, 3.63) is 35.4 Å². The maximum absolute atomic E-state index is 12.5. The van der Waals surface area contributed by atoms with Gasteiger partial charge in [-0.25, -0.2) is 0 Å². The summed E-state index contributed by atoms with van der Waals surface area (Å²) in [6, 6.07) is 4.18. The van der Waals surface area contributed by atoms with Crippen LogP contribution in [-0.4, -0.2) is 18.4 Å². The summed E-state index contributed by atoms with van der Waals surface area (Å²) in [6.07, 6.45) is -4.53. The monoisotopic (exact) mass is 288 g/mol. The van der Waals surface area contributed by atoms with E-state index in [9.17, 15) is 22.8 Å². The van der Waals surface area contributed by atoms with Crippen molar-refractivity contribution in [3.8, 4) is 0 Å². The van der Waals surface area contributed by atoms with Crippen molar-refractivity contribution in [2.24, 2.45) is 0 Å². The Morgan fingerprint density at radius 3 is 2.15 bits per heavy atom. The molecule has 6 heteroatoms.